The van der Waals surface area contributed by atoms with Gasteiger partial charge in [0.1, 0.15) is 12.4 Å². The first kappa shape index (κ1) is 30.1. The molecule has 9 nitrogen and oxygen atoms in total. The monoisotopic (exact) mass is 536 g/mol. The van der Waals surface area contributed by atoms with E-state index in [1.807, 2.05) is 25.7 Å². The maximum atomic E-state index is 12.1. The van der Waals surface area contributed by atoms with Gasteiger partial charge in [0.15, 0.2) is 0 Å². The third-order valence-corrected chi connectivity index (χ3v) is 6.76. The first-order valence-corrected chi connectivity index (χ1v) is 14.1. The highest BCUT2D eigenvalue weighted by atomic mass is 16.6. The van der Waals surface area contributed by atoms with E-state index in [4.69, 9.17) is 4.74 Å². The number of cyclic esters (lactones) is 1. The number of fused-ring (bicyclic) bond motifs is 1. The summed E-state index contributed by atoms with van der Waals surface area (Å²) in [6.45, 7) is 19.0. The van der Waals surface area contributed by atoms with Gasteiger partial charge in [-0.2, -0.15) is 4.98 Å². The first-order valence-electron chi connectivity index (χ1n) is 14.1. The van der Waals surface area contributed by atoms with Crippen LogP contribution in [0.4, 0.5) is 16.6 Å². The Labute approximate surface area is 233 Å². The van der Waals surface area contributed by atoms with E-state index < -0.39 is 0 Å². The maximum absolute atomic E-state index is 12.1. The second kappa shape index (κ2) is 14.6. The molecule has 212 valence electrons. The Hall–Kier alpha value is -3.46. The van der Waals surface area contributed by atoms with Crippen molar-refractivity contribution >= 4 is 23.8 Å². The largest absolute Gasteiger partial charge is 0.444 e. The number of piperazine rings is 1. The SMILES string of the molecule is C=C(C)C(=O)N1CCN(Cc2ccc(CNc3ncc4c(n3)N(CC)C(=O)OC4)cc2)CC1.CC.CC1CC1. The highest BCUT2D eigenvalue weighted by Crippen LogP contribution is 2.27. The number of hydrogen-bond acceptors (Lipinski definition) is 7. The van der Waals surface area contributed by atoms with E-state index >= 15 is 0 Å². The number of carbonyl (C=O) groups is 2. The molecule has 0 spiro atoms. The fourth-order valence-electron chi connectivity index (χ4n) is 4.15. The van der Waals surface area contributed by atoms with E-state index in [1.165, 1.54) is 23.3 Å². The highest BCUT2D eigenvalue weighted by molar-refractivity contribution is 5.92. The zero-order valence-corrected chi connectivity index (χ0v) is 24.2. The molecule has 1 saturated heterocycles. The average molecular weight is 537 g/mol. The third-order valence-electron chi connectivity index (χ3n) is 6.76. The number of carbonyl (C=O) groups excluding carboxylic acids is 2. The topological polar surface area (TPSA) is 90.9 Å². The predicted molar refractivity (Wildman–Crippen MR) is 155 cm³/mol. The molecule has 9 heteroatoms. The molecule has 0 atom stereocenters. The van der Waals surface area contributed by atoms with E-state index in [9.17, 15) is 9.59 Å². The molecule has 1 aliphatic carbocycles. The summed E-state index contributed by atoms with van der Waals surface area (Å²) in [6, 6.07) is 8.45. The Kier molecular flexibility index (Phi) is 11.3. The van der Waals surface area contributed by atoms with Crippen molar-refractivity contribution in [2.45, 2.75) is 67.2 Å². The van der Waals surface area contributed by atoms with Crippen molar-refractivity contribution in [2.75, 3.05) is 42.9 Å². The van der Waals surface area contributed by atoms with Gasteiger partial charge in [0.2, 0.25) is 11.9 Å². The molecular weight excluding hydrogens is 492 g/mol. The molecule has 1 N–H and O–H groups in total. The predicted octanol–water partition coefficient (Wildman–Crippen LogP) is 5.23. The number of amides is 2. The van der Waals surface area contributed by atoms with Crippen molar-refractivity contribution in [1.29, 1.82) is 0 Å². The molecule has 0 bridgehead atoms. The fourth-order valence-corrected chi connectivity index (χ4v) is 4.15. The number of rotatable bonds is 7. The van der Waals surface area contributed by atoms with Crippen molar-refractivity contribution in [3.05, 3.63) is 59.3 Å². The normalized spacial score (nSPS) is 16.6. The molecule has 39 heavy (non-hydrogen) atoms. The lowest BCUT2D eigenvalue weighted by molar-refractivity contribution is -0.128. The van der Waals surface area contributed by atoms with Crippen LogP contribution in [0.15, 0.2) is 42.6 Å². The molecule has 1 aromatic carbocycles. The van der Waals surface area contributed by atoms with Crippen LogP contribution in [0.25, 0.3) is 0 Å². The van der Waals surface area contributed by atoms with Crippen LogP contribution in [0.1, 0.15) is 64.2 Å². The summed E-state index contributed by atoms with van der Waals surface area (Å²) in [5.41, 5.74) is 3.75. The molecule has 0 unspecified atom stereocenters. The number of nitrogens with one attached hydrogen (secondary N) is 1. The number of nitrogens with zero attached hydrogens (tertiary/aromatic N) is 5. The van der Waals surface area contributed by atoms with Crippen LogP contribution in [0.5, 0.6) is 0 Å². The molecule has 3 aliphatic rings. The van der Waals surface area contributed by atoms with Gasteiger partial charge in [0.05, 0.1) is 5.56 Å². The van der Waals surface area contributed by atoms with E-state index in [0.29, 0.717) is 30.4 Å². The quantitative estimate of drug-likeness (QED) is 0.485. The van der Waals surface area contributed by atoms with Crippen LogP contribution in [0, 0.1) is 5.92 Å². The summed E-state index contributed by atoms with van der Waals surface area (Å²) >= 11 is 0. The first-order chi connectivity index (χ1) is 18.8. The van der Waals surface area contributed by atoms with Crippen molar-refractivity contribution in [2.24, 2.45) is 5.92 Å². The van der Waals surface area contributed by atoms with Gasteiger partial charge in [-0.25, -0.2) is 9.78 Å². The molecule has 3 heterocycles. The minimum absolute atomic E-state index is 0.0525. The number of aromatic nitrogens is 2. The molecule has 2 aliphatic heterocycles. The molecule has 2 amide bonds. The number of hydrogen-bond donors (Lipinski definition) is 1. The maximum Gasteiger partial charge on any atom is 0.415 e. The van der Waals surface area contributed by atoms with Crippen LogP contribution in [0.3, 0.4) is 0 Å². The van der Waals surface area contributed by atoms with E-state index in [1.54, 1.807) is 13.1 Å². The summed E-state index contributed by atoms with van der Waals surface area (Å²) in [4.78, 5) is 38.6. The Balaban J connectivity index is 0.000000629. The lowest BCUT2D eigenvalue weighted by Crippen LogP contribution is -2.48. The van der Waals surface area contributed by atoms with Crippen molar-refractivity contribution in [3.8, 4) is 0 Å². The van der Waals surface area contributed by atoms with Gasteiger partial charge in [-0.15, -0.1) is 0 Å². The molecule has 0 radical (unpaired) electrons. The van der Waals surface area contributed by atoms with Gasteiger partial charge < -0.3 is 15.0 Å². The van der Waals surface area contributed by atoms with Gasteiger partial charge in [-0.3, -0.25) is 14.6 Å². The molecule has 2 aromatic rings. The smallest absolute Gasteiger partial charge is 0.415 e. The summed E-state index contributed by atoms with van der Waals surface area (Å²) in [7, 11) is 0. The van der Waals surface area contributed by atoms with Crippen molar-refractivity contribution in [1.82, 2.24) is 19.8 Å². The fraction of sp³-hybridized carbons (Fsp3) is 0.533. The van der Waals surface area contributed by atoms with Gasteiger partial charge >= 0.3 is 6.09 Å². The molecule has 5 rings (SSSR count). The zero-order chi connectivity index (χ0) is 28.4. The molecular formula is C30H44N6O3. The minimum Gasteiger partial charge on any atom is -0.444 e. The highest BCUT2D eigenvalue weighted by Gasteiger charge is 2.26. The van der Waals surface area contributed by atoms with Crippen LogP contribution in [-0.4, -0.2) is 64.5 Å². The van der Waals surface area contributed by atoms with Crippen LogP contribution >= 0.6 is 0 Å². The van der Waals surface area contributed by atoms with Crippen molar-refractivity contribution < 1.29 is 14.3 Å². The van der Waals surface area contributed by atoms with Gasteiger partial charge in [0, 0.05) is 57.6 Å². The summed E-state index contributed by atoms with van der Waals surface area (Å²) < 4.78 is 5.13. The zero-order valence-electron chi connectivity index (χ0n) is 24.2. The van der Waals surface area contributed by atoms with Gasteiger partial charge in [-0.05, 0) is 30.9 Å². The summed E-state index contributed by atoms with van der Waals surface area (Å²) in [6.07, 6.45) is 4.29. The Bertz CT molecular complexity index is 1110. The number of anilines is 2. The van der Waals surface area contributed by atoms with E-state index in [-0.39, 0.29) is 18.6 Å². The summed E-state index contributed by atoms with van der Waals surface area (Å²) in [5, 5.41) is 3.24. The van der Waals surface area contributed by atoms with Gasteiger partial charge in [-0.1, -0.05) is 64.5 Å². The minimum atomic E-state index is -0.380. The van der Waals surface area contributed by atoms with E-state index in [0.717, 1.165) is 49.8 Å². The standard InChI is InChI=1S/C24H30N6O3.C4H8.C2H6/c1-4-30-21-20(16-33-24(30)32)14-26-23(27-21)25-13-18-5-7-19(8-6-18)15-28-9-11-29(12-10-28)22(31)17(2)3;1-4-2-3-4;1-2/h5-8,14H,2,4,9-13,15-16H2,1,3H3,(H,25,26,27);4H,2-3H2,1H3;1-2H3. The third kappa shape index (κ3) is 8.78. The van der Waals surface area contributed by atoms with Crippen LogP contribution < -0.4 is 10.2 Å². The lowest BCUT2D eigenvalue weighted by atomic mass is 10.1. The molecule has 1 saturated carbocycles. The molecule has 1 aromatic heterocycles. The van der Waals surface area contributed by atoms with E-state index in [2.05, 4.69) is 58.0 Å². The average Bonchev–Trinajstić information content (AvgIpc) is 3.75. The Morgan fingerprint density at radius 1 is 1.10 bits per heavy atom. The van der Waals surface area contributed by atoms with Crippen LogP contribution in [-0.2, 0) is 29.2 Å². The second-order valence-electron chi connectivity index (χ2n) is 10.0. The molecule has 2 fully saturated rings. The Morgan fingerprint density at radius 3 is 2.28 bits per heavy atom. The second-order valence-corrected chi connectivity index (χ2v) is 10.0. The Morgan fingerprint density at radius 2 is 1.72 bits per heavy atom. The van der Waals surface area contributed by atoms with Crippen molar-refractivity contribution in [3.63, 3.8) is 0 Å². The lowest BCUT2D eigenvalue weighted by Gasteiger charge is -2.34. The number of benzene rings is 1. The summed E-state index contributed by atoms with van der Waals surface area (Å²) in [5.74, 6) is 2.22. The van der Waals surface area contributed by atoms with Gasteiger partial charge in [0.25, 0.3) is 0 Å². The van der Waals surface area contributed by atoms with Crippen LogP contribution in [0.2, 0.25) is 0 Å². The number of ether oxygens (including phenoxy) is 1.